The summed E-state index contributed by atoms with van der Waals surface area (Å²) in [5.74, 6) is 0. The summed E-state index contributed by atoms with van der Waals surface area (Å²) in [6, 6.07) is 22.2. The molecule has 3 aromatic rings. The average molecular weight is 428 g/mol. The number of hydrogen-bond acceptors (Lipinski definition) is 5. The van der Waals surface area contributed by atoms with E-state index < -0.39 is 0 Å². The number of unbranched alkanes of at least 4 members (excludes halogenated alkanes) is 1. The molecule has 5 heteroatoms. The van der Waals surface area contributed by atoms with E-state index in [1.807, 2.05) is 42.5 Å². The highest BCUT2D eigenvalue weighted by Crippen LogP contribution is 2.28. The molecule has 0 atom stereocenters. The fourth-order valence-corrected chi connectivity index (χ4v) is 3.46. The Bertz CT molecular complexity index is 1030. The number of hydrogen-bond donors (Lipinski definition) is 0. The molecule has 0 unspecified atom stereocenters. The first-order valence-corrected chi connectivity index (χ1v) is 11.5. The summed E-state index contributed by atoms with van der Waals surface area (Å²) in [5, 5.41) is 17.5. The molecule has 0 saturated heterocycles. The van der Waals surface area contributed by atoms with Crippen molar-refractivity contribution in [1.29, 1.82) is 0 Å². The summed E-state index contributed by atoms with van der Waals surface area (Å²) in [5.41, 5.74) is 7.00. The molecule has 0 saturated carbocycles. The van der Waals surface area contributed by atoms with Gasteiger partial charge in [0, 0.05) is 18.8 Å². The Morgan fingerprint density at radius 3 is 1.69 bits per heavy atom. The van der Waals surface area contributed by atoms with Crippen LogP contribution in [0.15, 0.2) is 87.2 Å². The van der Waals surface area contributed by atoms with E-state index in [0.29, 0.717) is 0 Å². The molecule has 0 aliphatic rings. The first-order chi connectivity index (χ1) is 15.6. The van der Waals surface area contributed by atoms with Crippen LogP contribution < -0.4 is 4.90 Å². The van der Waals surface area contributed by atoms with E-state index in [9.17, 15) is 0 Å². The van der Waals surface area contributed by atoms with Crippen LogP contribution in [0.3, 0.4) is 0 Å². The minimum Gasteiger partial charge on any atom is -0.372 e. The fourth-order valence-electron chi connectivity index (χ4n) is 3.46. The molecule has 3 rings (SSSR count). The molecule has 0 heterocycles. The number of nitrogens with zero attached hydrogens (tertiary/aromatic N) is 5. The highest BCUT2D eigenvalue weighted by atomic mass is 15.1. The summed E-state index contributed by atoms with van der Waals surface area (Å²) in [6.45, 7) is 10.6. The Hall–Kier alpha value is -3.34. The third-order valence-electron chi connectivity index (χ3n) is 5.47. The van der Waals surface area contributed by atoms with Crippen molar-refractivity contribution in [1.82, 2.24) is 0 Å². The predicted octanol–water partition coefficient (Wildman–Crippen LogP) is 9.01. The van der Waals surface area contributed by atoms with Crippen LogP contribution in [0.2, 0.25) is 0 Å². The van der Waals surface area contributed by atoms with Gasteiger partial charge in [0.25, 0.3) is 0 Å². The van der Waals surface area contributed by atoms with Gasteiger partial charge in [-0.2, -0.15) is 20.5 Å². The van der Waals surface area contributed by atoms with Crippen LogP contribution in [0.25, 0.3) is 0 Å². The van der Waals surface area contributed by atoms with E-state index in [1.165, 1.54) is 24.1 Å². The summed E-state index contributed by atoms with van der Waals surface area (Å²) >= 11 is 0. The topological polar surface area (TPSA) is 52.7 Å². The van der Waals surface area contributed by atoms with E-state index in [1.54, 1.807) is 0 Å². The van der Waals surface area contributed by atoms with Gasteiger partial charge in [0.05, 0.1) is 22.7 Å². The van der Waals surface area contributed by atoms with Crippen LogP contribution in [0.4, 0.5) is 28.4 Å². The van der Waals surface area contributed by atoms with Crippen molar-refractivity contribution in [2.24, 2.45) is 20.5 Å². The van der Waals surface area contributed by atoms with Crippen LogP contribution in [0.1, 0.15) is 44.7 Å². The first-order valence-electron chi connectivity index (χ1n) is 11.5. The molecular weight excluding hydrogens is 394 g/mol. The highest BCUT2D eigenvalue weighted by Gasteiger charge is 2.04. The molecule has 0 radical (unpaired) electrons. The highest BCUT2D eigenvalue weighted by molar-refractivity contribution is 5.58. The third kappa shape index (κ3) is 6.58. The largest absolute Gasteiger partial charge is 0.372 e. The Balaban J connectivity index is 1.62. The maximum absolute atomic E-state index is 4.43. The van der Waals surface area contributed by atoms with Gasteiger partial charge in [-0.25, -0.2) is 0 Å². The van der Waals surface area contributed by atoms with Crippen molar-refractivity contribution in [2.45, 2.75) is 47.0 Å². The molecule has 0 spiro atoms. The van der Waals surface area contributed by atoms with Gasteiger partial charge in [-0.05, 0) is 99.3 Å². The van der Waals surface area contributed by atoms with Gasteiger partial charge in [-0.1, -0.05) is 25.5 Å². The zero-order chi connectivity index (χ0) is 22.8. The molecule has 5 nitrogen and oxygen atoms in total. The standard InChI is InChI=1S/C27H33N5/c1-5-8-9-22-10-12-23(13-11-22)28-29-24-14-16-25(17-15-24)30-31-27-19-18-26(20-21(27)4)32(6-2)7-3/h10-20H,5-9H2,1-4H3. The number of azo groups is 2. The predicted molar refractivity (Wildman–Crippen MR) is 135 cm³/mol. The van der Waals surface area contributed by atoms with E-state index in [2.05, 4.69) is 77.3 Å². The maximum Gasteiger partial charge on any atom is 0.0887 e. The zero-order valence-corrected chi connectivity index (χ0v) is 19.6. The maximum atomic E-state index is 4.43. The van der Waals surface area contributed by atoms with E-state index >= 15 is 0 Å². The summed E-state index contributed by atoms with van der Waals surface area (Å²) in [4.78, 5) is 2.32. The summed E-state index contributed by atoms with van der Waals surface area (Å²) in [7, 11) is 0. The van der Waals surface area contributed by atoms with Crippen molar-refractivity contribution in [2.75, 3.05) is 18.0 Å². The molecular formula is C27H33N5. The molecule has 0 bridgehead atoms. The van der Waals surface area contributed by atoms with Crippen LogP contribution in [0.5, 0.6) is 0 Å². The van der Waals surface area contributed by atoms with Crippen molar-refractivity contribution >= 4 is 28.4 Å². The second-order valence-electron chi connectivity index (χ2n) is 7.83. The van der Waals surface area contributed by atoms with Gasteiger partial charge in [-0.15, -0.1) is 0 Å². The molecule has 0 aromatic heterocycles. The molecule has 0 aliphatic carbocycles. The van der Waals surface area contributed by atoms with Gasteiger partial charge in [-0.3, -0.25) is 0 Å². The van der Waals surface area contributed by atoms with Crippen molar-refractivity contribution in [3.05, 3.63) is 77.9 Å². The van der Waals surface area contributed by atoms with E-state index in [4.69, 9.17) is 0 Å². The smallest absolute Gasteiger partial charge is 0.0887 e. The van der Waals surface area contributed by atoms with Gasteiger partial charge in [0.2, 0.25) is 0 Å². The van der Waals surface area contributed by atoms with E-state index in [0.717, 1.165) is 47.8 Å². The zero-order valence-electron chi connectivity index (χ0n) is 19.6. The SMILES string of the molecule is CCCCc1ccc(N=Nc2ccc(N=Nc3ccc(N(CC)CC)cc3C)cc2)cc1. The van der Waals surface area contributed by atoms with Crippen LogP contribution >= 0.6 is 0 Å². The van der Waals surface area contributed by atoms with Gasteiger partial charge >= 0.3 is 0 Å². The number of rotatable bonds is 10. The first kappa shape index (κ1) is 23.3. The monoisotopic (exact) mass is 427 g/mol. The molecule has 32 heavy (non-hydrogen) atoms. The lowest BCUT2D eigenvalue weighted by Crippen LogP contribution is -2.21. The van der Waals surface area contributed by atoms with Gasteiger partial charge in [0.1, 0.15) is 0 Å². The fraction of sp³-hybridized carbons (Fsp3) is 0.333. The van der Waals surface area contributed by atoms with Crippen molar-refractivity contribution in [3.8, 4) is 0 Å². The molecule has 3 aromatic carbocycles. The van der Waals surface area contributed by atoms with Crippen LogP contribution in [-0.4, -0.2) is 13.1 Å². The second kappa shape index (κ2) is 11.9. The Morgan fingerprint density at radius 2 is 1.19 bits per heavy atom. The number of anilines is 1. The lowest BCUT2D eigenvalue weighted by atomic mass is 10.1. The molecule has 0 fully saturated rings. The number of aryl methyl sites for hydroxylation is 2. The lowest BCUT2D eigenvalue weighted by Gasteiger charge is -2.21. The Kier molecular flexibility index (Phi) is 8.67. The summed E-state index contributed by atoms with van der Waals surface area (Å²) < 4.78 is 0. The lowest BCUT2D eigenvalue weighted by molar-refractivity contribution is 0.795. The van der Waals surface area contributed by atoms with Crippen molar-refractivity contribution in [3.63, 3.8) is 0 Å². The Labute approximate surface area is 191 Å². The quantitative estimate of drug-likeness (QED) is 0.298. The molecule has 0 aliphatic heterocycles. The van der Waals surface area contributed by atoms with Crippen LogP contribution in [-0.2, 0) is 6.42 Å². The normalized spacial score (nSPS) is 11.5. The minimum absolute atomic E-state index is 0.788. The molecule has 0 N–H and O–H groups in total. The van der Waals surface area contributed by atoms with Crippen LogP contribution in [0, 0.1) is 6.92 Å². The summed E-state index contributed by atoms with van der Waals surface area (Å²) in [6.07, 6.45) is 3.54. The number of benzene rings is 3. The Morgan fingerprint density at radius 1 is 0.656 bits per heavy atom. The molecule has 0 amide bonds. The van der Waals surface area contributed by atoms with E-state index in [-0.39, 0.29) is 0 Å². The minimum atomic E-state index is 0.788. The van der Waals surface area contributed by atoms with Gasteiger partial charge < -0.3 is 4.90 Å². The second-order valence-corrected chi connectivity index (χ2v) is 7.83. The molecule has 166 valence electrons. The van der Waals surface area contributed by atoms with Gasteiger partial charge in [0.15, 0.2) is 0 Å². The van der Waals surface area contributed by atoms with Crippen molar-refractivity contribution < 1.29 is 0 Å². The third-order valence-corrected chi connectivity index (χ3v) is 5.47. The average Bonchev–Trinajstić information content (AvgIpc) is 2.83.